The monoisotopic (exact) mass is 397 g/mol. The number of carbonyl (C=O) groups excluding carboxylic acids is 1. The van der Waals surface area contributed by atoms with Gasteiger partial charge in [-0.25, -0.2) is 9.48 Å². The largest absolute Gasteiger partial charge is 0.478 e. The number of carboxylic acids is 1. The van der Waals surface area contributed by atoms with Crippen molar-refractivity contribution in [1.29, 1.82) is 0 Å². The minimum absolute atomic E-state index is 0.00591. The Morgan fingerprint density at radius 2 is 2.00 bits per heavy atom. The molecular formula is C18H18F3N3O4. The van der Waals surface area contributed by atoms with E-state index in [1.807, 2.05) is 6.92 Å². The third kappa shape index (κ3) is 4.01. The van der Waals surface area contributed by atoms with Crippen molar-refractivity contribution >= 4 is 11.9 Å². The lowest BCUT2D eigenvalue weighted by molar-refractivity contribution is -0.143. The Morgan fingerprint density at radius 3 is 2.54 bits per heavy atom. The average molecular weight is 397 g/mol. The topological polar surface area (TPSA) is 93.5 Å². The van der Waals surface area contributed by atoms with Crippen LogP contribution in [0.4, 0.5) is 13.2 Å². The maximum Gasteiger partial charge on any atom is 0.434 e. The molecular weight excluding hydrogens is 379 g/mol. The van der Waals surface area contributed by atoms with Gasteiger partial charge in [0.2, 0.25) is 0 Å². The maximum atomic E-state index is 13.3. The van der Waals surface area contributed by atoms with E-state index in [9.17, 15) is 22.8 Å². The number of aromatic carboxylic acids is 1. The van der Waals surface area contributed by atoms with Gasteiger partial charge in [0.1, 0.15) is 5.56 Å². The number of nitrogens with one attached hydrogen (secondary N) is 1. The first-order chi connectivity index (χ1) is 13.2. The number of rotatable bonds is 5. The molecule has 150 valence electrons. The molecule has 1 amide bonds. The van der Waals surface area contributed by atoms with Crippen LogP contribution in [0.1, 0.15) is 39.8 Å². The summed E-state index contributed by atoms with van der Waals surface area (Å²) >= 11 is 0. The SMILES string of the molecule is C[C@@H](NC(=O)c1ccc(-n2ncc(C(=O)O)c2C(F)(F)F)cc1)[C@@H]1CCOC1. The van der Waals surface area contributed by atoms with Gasteiger partial charge in [-0.2, -0.15) is 18.3 Å². The predicted octanol–water partition coefficient (Wildman–Crippen LogP) is 2.74. The van der Waals surface area contributed by atoms with Gasteiger partial charge in [-0.3, -0.25) is 4.79 Å². The van der Waals surface area contributed by atoms with Crippen molar-refractivity contribution in [2.75, 3.05) is 13.2 Å². The molecule has 0 bridgehead atoms. The second kappa shape index (κ2) is 7.63. The fourth-order valence-electron chi connectivity index (χ4n) is 3.08. The predicted molar refractivity (Wildman–Crippen MR) is 91.4 cm³/mol. The smallest absolute Gasteiger partial charge is 0.434 e. The van der Waals surface area contributed by atoms with Crippen molar-refractivity contribution in [3.63, 3.8) is 0 Å². The highest BCUT2D eigenvalue weighted by Crippen LogP contribution is 2.33. The fraction of sp³-hybridized carbons (Fsp3) is 0.389. The Morgan fingerprint density at radius 1 is 1.32 bits per heavy atom. The molecule has 2 N–H and O–H groups in total. The van der Waals surface area contributed by atoms with E-state index in [-0.39, 0.29) is 29.1 Å². The lowest BCUT2D eigenvalue weighted by atomic mass is 10.0. The molecule has 1 fully saturated rings. The summed E-state index contributed by atoms with van der Waals surface area (Å²) < 4.78 is 45.7. The number of nitrogens with zero attached hydrogens (tertiary/aromatic N) is 2. The van der Waals surface area contributed by atoms with Crippen molar-refractivity contribution in [1.82, 2.24) is 15.1 Å². The molecule has 1 saturated heterocycles. The highest BCUT2D eigenvalue weighted by Gasteiger charge is 2.40. The standard InChI is InChI=1S/C18H18F3N3O4/c1-10(12-6-7-28-9-12)23-16(25)11-2-4-13(5-3-11)24-15(18(19,20)21)14(8-22-24)17(26)27/h2-5,8,10,12H,6-7,9H2,1H3,(H,23,25)(H,26,27)/t10-,12-/m1/s1. The zero-order valence-electron chi connectivity index (χ0n) is 14.9. The molecule has 2 heterocycles. The van der Waals surface area contributed by atoms with Crippen LogP contribution >= 0.6 is 0 Å². The minimum atomic E-state index is -4.90. The van der Waals surface area contributed by atoms with Gasteiger partial charge in [0, 0.05) is 24.1 Å². The second-order valence-corrected chi connectivity index (χ2v) is 6.55. The Bertz CT molecular complexity index is 871. The summed E-state index contributed by atoms with van der Waals surface area (Å²) in [6.07, 6.45) is -3.40. The molecule has 0 spiro atoms. The van der Waals surface area contributed by atoms with E-state index in [0.29, 0.717) is 24.1 Å². The highest BCUT2D eigenvalue weighted by atomic mass is 19.4. The van der Waals surface area contributed by atoms with Crippen LogP contribution in [0.25, 0.3) is 5.69 Å². The molecule has 3 rings (SSSR count). The molecule has 0 radical (unpaired) electrons. The number of hydrogen-bond donors (Lipinski definition) is 2. The lowest BCUT2D eigenvalue weighted by Gasteiger charge is -2.19. The van der Waals surface area contributed by atoms with Crippen LogP contribution in [0.2, 0.25) is 0 Å². The van der Waals surface area contributed by atoms with Gasteiger partial charge in [0.15, 0.2) is 5.69 Å². The molecule has 0 unspecified atom stereocenters. The van der Waals surface area contributed by atoms with E-state index in [1.54, 1.807) is 0 Å². The molecule has 0 aliphatic carbocycles. The summed E-state index contributed by atoms with van der Waals surface area (Å²) in [4.78, 5) is 23.4. The van der Waals surface area contributed by atoms with Crippen LogP contribution in [0.3, 0.4) is 0 Å². The highest BCUT2D eigenvalue weighted by molar-refractivity contribution is 5.94. The number of halogens is 3. The average Bonchev–Trinajstić information content (AvgIpc) is 3.31. The number of carbonyl (C=O) groups is 2. The number of ether oxygens (including phenoxy) is 1. The molecule has 28 heavy (non-hydrogen) atoms. The van der Waals surface area contributed by atoms with E-state index in [2.05, 4.69) is 10.4 Å². The van der Waals surface area contributed by atoms with Gasteiger partial charge >= 0.3 is 12.1 Å². The first kappa shape index (κ1) is 19.9. The number of hydrogen-bond acceptors (Lipinski definition) is 4. The fourth-order valence-corrected chi connectivity index (χ4v) is 3.08. The van der Waals surface area contributed by atoms with Crippen LogP contribution in [-0.4, -0.2) is 46.0 Å². The summed E-state index contributed by atoms with van der Waals surface area (Å²) in [6, 6.07) is 5.20. The quantitative estimate of drug-likeness (QED) is 0.809. The molecule has 7 nitrogen and oxygen atoms in total. The zero-order valence-corrected chi connectivity index (χ0v) is 14.9. The summed E-state index contributed by atoms with van der Waals surface area (Å²) in [5, 5.41) is 15.4. The molecule has 2 atom stereocenters. The summed E-state index contributed by atoms with van der Waals surface area (Å²) in [6.45, 7) is 3.10. The van der Waals surface area contributed by atoms with Crippen LogP contribution in [0.15, 0.2) is 30.5 Å². The van der Waals surface area contributed by atoms with E-state index >= 15 is 0 Å². The van der Waals surface area contributed by atoms with Gasteiger partial charge < -0.3 is 15.2 Å². The van der Waals surface area contributed by atoms with Gasteiger partial charge in [0.25, 0.3) is 5.91 Å². The lowest BCUT2D eigenvalue weighted by Crippen LogP contribution is -2.38. The normalized spacial score (nSPS) is 18.1. The van der Waals surface area contributed by atoms with E-state index in [1.165, 1.54) is 24.3 Å². The van der Waals surface area contributed by atoms with Gasteiger partial charge in [0.05, 0.1) is 18.5 Å². The Labute approximate surface area is 158 Å². The van der Waals surface area contributed by atoms with Crippen LogP contribution in [-0.2, 0) is 10.9 Å². The van der Waals surface area contributed by atoms with Crippen molar-refractivity contribution < 1.29 is 32.6 Å². The van der Waals surface area contributed by atoms with Crippen molar-refractivity contribution in [3.8, 4) is 5.69 Å². The van der Waals surface area contributed by atoms with Gasteiger partial charge in [-0.1, -0.05) is 0 Å². The van der Waals surface area contributed by atoms with Gasteiger partial charge in [-0.15, -0.1) is 0 Å². The van der Waals surface area contributed by atoms with E-state index in [4.69, 9.17) is 9.84 Å². The van der Waals surface area contributed by atoms with Crippen LogP contribution in [0.5, 0.6) is 0 Å². The second-order valence-electron chi connectivity index (χ2n) is 6.55. The molecule has 2 aromatic rings. The third-order valence-electron chi connectivity index (χ3n) is 4.67. The minimum Gasteiger partial charge on any atom is -0.478 e. The first-order valence-corrected chi connectivity index (χ1v) is 8.56. The number of amides is 1. The van der Waals surface area contributed by atoms with Crippen molar-refractivity contribution in [2.24, 2.45) is 5.92 Å². The number of carboxylic acid groups (broad SMARTS) is 1. The van der Waals surface area contributed by atoms with Crippen molar-refractivity contribution in [3.05, 3.63) is 47.3 Å². The molecule has 1 aliphatic rings. The summed E-state index contributed by atoms with van der Waals surface area (Å²) in [7, 11) is 0. The molecule has 1 aromatic carbocycles. The van der Waals surface area contributed by atoms with E-state index in [0.717, 1.165) is 6.42 Å². The number of alkyl halides is 3. The van der Waals surface area contributed by atoms with Crippen LogP contribution in [0, 0.1) is 5.92 Å². The van der Waals surface area contributed by atoms with Crippen molar-refractivity contribution in [2.45, 2.75) is 25.6 Å². The zero-order chi connectivity index (χ0) is 20.5. The molecule has 1 aliphatic heterocycles. The Balaban J connectivity index is 1.81. The maximum absolute atomic E-state index is 13.3. The number of benzene rings is 1. The molecule has 1 aromatic heterocycles. The Kier molecular flexibility index (Phi) is 5.41. The first-order valence-electron chi connectivity index (χ1n) is 8.56. The number of aromatic nitrogens is 2. The summed E-state index contributed by atoms with van der Waals surface area (Å²) in [5.74, 6) is -1.86. The third-order valence-corrected chi connectivity index (χ3v) is 4.67. The molecule has 10 heteroatoms. The van der Waals surface area contributed by atoms with Crippen LogP contribution < -0.4 is 5.32 Å². The Hall–Kier alpha value is -2.88. The van der Waals surface area contributed by atoms with Gasteiger partial charge in [-0.05, 0) is 37.6 Å². The van der Waals surface area contributed by atoms with E-state index < -0.39 is 23.4 Å². The summed E-state index contributed by atoms with van der Waals surface area (Å²) in [5.41, 5.74) is -2.06. The molecule has 0 saturated carbocycles.